The van der Waals surface area contributed by atoms with Crippen molar-refractivity contribution in [2.24, 2.45) is 10.7 Å². The minimum absolute atomic E-state index is 0.132. The van der Waals surface area contributed by atoms with E-state index in [9.17, 15) is 9.18 Å². The molecule has 0 aliphatic carbocycles. The van der Waals surface area contributed by atoms with Gasteiger partial charge in [0.15, 0.2) is 11.5 Å². The molecule has 2 N–H and O–H groups in total. The summed E-state index contributed by atoms with van der Waals surface area (Å²) in [6.45, 7) is 4.86. The van der Waals surface area contributed by atoms with E-state index in [-0.39, 0.29) is 11.9 Å². The summed E-state index contributed by atoms with van der Waals surface area (Å²) in [6.07, 6.45) is -1.43. The molecule has 144 valence electrons. The number of rotatable bonds is 4. The minimum atomic E-state index is -1.43. The number of aliphatic imine (C=N–C) groups is 1. The number of carbonyl (C=O) groups is 1. The molecule has 0 saturated carbocycles. The van der Waals surface area contributed by atoms with Crippen molar-refractivity contribution in [2.45, 2.75) is 32.7 Å². The highest BCUT2D eigenvalue weighted by atomic mass is 19.1. The number of nitrogens with two attached hydrogens (primary N) is 1. The zero-order valence-electron chi connectivity index (χ0n) is 16.3. The molecule has 0 fully saturated rings. The molecule has 3 rings (SSSR count). The van der Waals surface area contributed by atoms with Crippen molar-refractivity contribution in [2.75, 3.05) is 7.05 Å². The number of likely N-dealkylation sites (N-methyl/N-ethyl adjacent to an activating group) is 1. The van der Waals surface area contributed by atoms with Crippen molar-refractivity contribution < 1.29 is 13.9 Å². The Labute approximate surface area is 164 Å². The van der Waals surface area contributed by atoms with E-state index in [1.165, 1.54) is 11.8 Å². The fourth-order valence-corrected chi connectivity index (χ4v) is 3.33. The average Bonchev–Trinajstić information content (AvgIpc) is 2.88. The van der Waals surface area contributed by atoms with E-state index in [0.717, 1.165) is 5.56 Å². The van der Waals surface area contributed by atoms with Crippen molar-refractivity contribution in [1.29, 1.82) is 0 Å². The molecule has 2 unspecified atom stereocenters. The smallest absolute Gasteiger partial charge is 0.266 e. The highest BCUT2D eigenvalue weighted by Gasteiger charge is 2.49. The number of hydrogen-bond donors (Lipinski definition) is 1. The third kappa shape index (κ3) is 3.20. The van der Waals surface area contributed by atoms with Crippen molar-refractivity contribution in [3.8, 4) is 17.6 Å². The van der Waals surface area contributed by atoms with Gasteiger partial charge in [0.2, 0.25) is 6.36 Å². The van der Waals surface area contributed by atoms with Gasteiger partial charge >= 0.3 is 0 Å². The summed E-state index contributed by atoms with van der Waals surface area (Å²) in [5.74, 6) is 6.14. The molecule has 0 saturated heterocycles. The molecule has 1 amide bonds. The molecule has 1 aliphatic heterocycles. The number of guanidine groups is 1. The first-order valence-corrected chi connectivity index (χ1v) is 8.88. The Bertz CT molecular complexity index is 1020. The lowest BCUT2D eigenvalue weighted by Crippen LogP contribution is -2.41. The van der Waals surface area contributed by atoms with E-state index < -0.39 is 11.9 Å². The first-order chi connectivity index (χ1) is 13.3. The number of aryl methyl sites for hydroxylation is 1. The van der Waals surface area contributed by atoms with Crippen LogP contribution in [0.4, 0.5) is 4.39 Å². The van der Waals surface area contributed by atoms with Gasteiger partial charge in [0, 0.05) is 19.5 Å². The van der Waals surface area contributed by atoms with Crippen LogP contribution < -0.4 is 10.5 Å². The molecule has 2 aromatic rings. The van der Waals surface area contributed by atoms with Gasteiger partial charge in [-0.25, -0.2) is 9.38 Å². The van der Waals surface area contributed by atoms with E-state index in [2.05, 4.69) is 16.8 Å². The second-order valence-electron chi connectivity index (χ2n) is 6.64. The summed E-state index contributed by atoms with van der Waals surface area (Å²) in [5.41, 5.74) is 7.44. The molecule has 2 aromatic carbocycles. The maximum atomic E-state index is 13.3. The molecule has 2 atom stereocenters. The van der Waals surface area contributed by atoms with Gasteiger partial charge < -0.3 is 10.5 Å². The fraction of sp³-hybridized carbons (Fsp3) is 0.273. The lowest BCUT2D eigenvalue weighted by Gasteiger charge is -2.27. The van der Waals surface area contributed by atoms with Gasteiger partial charge in [-0.15, -0.1) is 5.92 Å². The van der Waals surface area contributed by atoms with Crippen LogP contribution in [0.1, 0.15) is 36.1 Å². The Hall–Kier alpha value is -3.33. The van der Waals surface area contributed by atoms with Crippen LogP contribution in [0.25, 0.3) is 0 Å². The van der Waals surface area contributed by atoms with Crippen LogP contribution in [-0.4, -0.2) is 30.2 Å². The topological polar surface area (TPSA) is 67.9 Å². The lowest BCUT2D eigenvalue weighted by molar-refractivity contribution is -0.129. The van der Waals surface area contributed by atoms with Crippen LogP contribution in [0.15, 0.2) is 47.5 Å². The number of amides is 1. The minimum Gasteiger partial charge on any atom is -0.460 e. The normalized spacial score (nSPS) is 19.7. The maximum Gasteiger partial charge on any atom is 0.266 e. The third-order valence-corrected chi connectivity index (χ3v) is 4.67. The van der Waals surface area contributed by atoms with E-state index >= 15 is 0 Å². The zero-order chi connectivity index (χ0) is 20.5. The number of hydrogen-bond acceptors (Lipinski definition) is 4. The first-order valence-electron chi connectivity index (χ1n) is 8.88. The second-order valence-corrected chi connectivity index (χ2v) is 6.64. The molecule has 0 radical (unpaired) electrons. The Morgan fingerprint density at radius 3 is 2.54 bits per heavy atom. The van der Waals surface area contributed by atoms with Gasteiger partial charge in [-0.2, -0.15) is 0 Å². The van der Waals surface area contributed by atoms with Gasteiger partial charge in [-0.3, -0.25) is 9.69 Å². The van der Waals surface area contributed by atoms with Crippen molar-refractivity contribution in [1.82, 2.24) is 4.90 Å². The molecule has 28 heavy (non-hydrogen) atoms. The summed E-state index contributed by atoms with van der Waals surface area (Å²) in [5, 5.41) is 0. The van der Waals surface area contributed by atoms with Gasteiger partial charge in [0.25, 0.3) is 5.91 Å². The highest BCUT2D eigenvalue weighted by Crippen LogP contribution is 2.40. The first kappa shape index (κ1) is 19.4. The van der Waals surface area contributed by atoms with Crippen LogP contribution in [0.3, 0.4) is 0 Å². The number of nitrogens with zero attached hydrogens (tertiary/aromatic N) is 2. The Morgan fingerprint density at radius 1 is 1.25 bits per heavy atom. The van der Waals surface area contributed by atoms with Crippen LogP contribution >= 0.6 is 0 Å². The Balaban J connectivity index is 2.22. The summed E-state index contributed by atoms with van der Waals surface area (Å²) in [4.78, 5) is 19.2. The summed E-state index contributed by atoms with van der Waals surface area (Å²) in [6, 6.07) is 12.5. The molecular weight excluding hydrogens is 357 g/mol. The molecule has 0 spiro atoms. The van der Waals surface area contributed by atoms with Crippen molar-refractivity contribution in [3.63, 3.8) is 0 Å². The van der Waals surface area contributed by atoms with Crippen molar-refractivity contribution in [3.05, 3.63) is 64.7 Å². The number of alkyl halides is 1. The van der Waals surface area contributed by atoms with Gasteiger partial charge in [0.1, 0.15) is 5.75 Å². The maximum absolute atomic E-state index is 13.3. The zero-order valence-corrected chi connectivity index (χ0v) is 16.3. The molecular formula is C22H22FN3O2. The average molecular weight is 379 g/mol. The van der Waals surface area contributed by atoms with Gasteiger partial charge in [-0.1, -0.05) is 24.1 Å². The molecule has 0 aromatic heterocycles. The quantitative estimate of drug-likeness (QED) is 0.830. The van der Waals surface area contributed by atoms with Crippen LogP contribution in [0, 0.1) is 18.8 Å². The molecule has 6 heteroatoms. The lowest BCUT2D eigenvalue weighted by atomic mass is 9.81. The molecule has 5 nitrogen and oxygen atoms in total. The SMILES string of the molecule is CC#Cc1cccc(C2(c3ccc(OC(C)F)c(C)c3)N=C(N)N(C)C2=O)c1. The highest BCUT2D eigenvalue weighted by molar-refractivity contribution is 6.09. The predicted octanol–water partition coefficient (Wildman–Crippen LogP) is 3.09. The van der Waals surface area contributed by atoms with Gasteiger partial charge in [-0.05, 0) is 54.8 Å². The molecule has 0 bridgehead atoms. The van der Waals surface area contributed by atoms with Crippen molar-refractivity contribution >= 4 is 11.9 Å². The van der Waals surface area contributed by atoms with E-state index in [0.29, 0.717) is 22.4 Å². The van der Waals surface area contributed by atoms with E-state index in [4.69, 9.17) is 10.5 Å². The summed E-state index contributed by atoms with van der Waals surface area (Å²) < 4.78 is 18.4. The standard InChI is InChI=1S/C22H22FN3O2/c1-5-7-16-8-6-9-17(13-16)22(20(27)26(4)21(24)25-22)18-10-11-19(14(2)12-18)28-15(3)23/h6,8-13,15H,1-4H3,(H2,24,25). The van der Waals surface area contributed by atoms with E-state index in [1.807, 2.05) is 24.3 Å². The Kier molecular flexibility index (Phi) is 5.10. The molecule has 1 heterocycles. The van der Waals surface area contributed by atoms with E-state index in [1.54, 1.807) is 39.1 Å². The fourth-order valence-electron chi connectivity index (χ4n) is 3.33. The number of carbonyl (C=O) groups excluding carboxylic acids is 1. The number of benzene rings is 2. The summed E-state index contributed by atoms with van der Waals surface area (Å²) in [7, 11) is 1.59. The third-order valence-electron chi connectivity index (χ3n) is 4.67. The number of halogens is 1. The predicted molar refractivity (Wildman–Crippen MR) is 107 cm³/mol. The Morgan fingerprint density at radius 2 is 1.96 bits per heavy atom. The summed E-state index contributed by atoms with van der Waals surface area (Å²) >= 11 is 0. The van der Waals surface area contributed by atoms with Crippen LogP contribution in [0.5, 0.6) is 5.75 Å². The number of ether oxygens (including phenoxy) is 1. The second kappa shape index (κ2) is 7.35. The van der Waals surface area contributed by atoms with Gasteiger partial charge in [0.05, 0.1) is 0 Å². The largest absolute Gasteiger partial charge is 0.460 e. The van der Waals surface area contributed by atoms with Crippen LogP contribution in [-0.2, 0) is 10.3 Å². The monoisotopic (exact) mass is 379 g/mol. The molecule has 1 aliphatic rings. The van der Waals surface area contributed by atoms with Crippen LogP contribution in [0.2, 0.25) is 0 Å².